The molecule has 0 fully saturated rings. The lowest BCUT2D eigenvalue weighted by molar-refractivity contribution is 0.421. The molecular formula is C10H9FOS. The van der Waals surface area contributed by atoms with E-state index in [1.165, 1.54) is 17.4 Å². The van der Waals surface area contributed by atoms with Gasteiger partial charge in [0.15, 0.2) is 0 Å². The lowest BCUT2D eigenvalue weighted by Gasteiger charge is -1.98. The maximum atomic E-state index is 13.4. The molecule has 1 aromatic heterocycles. The minimum absolute atomic E-state index is 0.164. The fraction of sp³-hybridized carbons (Fsp3) is 0.200. The predicted molar refractivity (Wildman–Crippen MR) is 53.1 cm³/mol. The van der Waals surface area contributed by atoms with Gasteiger partial charge in [-0.1, -0.05) is 0 Å². The summed E-state index contributed by atoms with van der Waals surface area (Å²) in [4.78, 5) is 0. The number of ether oxygens (including phenoxy) is 1. The highest BCUT2D eigenvalue weighted by Gasteiger charge is 2.08. The zero-order valence-corrected chi connectivity index (χ0v) is 8.24. The molecule has 0 aliphatic rings. The van der Waals surface area contributed by atoms with Crippen molar-refractivity contribution in [1.82, 2.24) is 0 Å². The van der Waals surface area contributed by atoms with Gasteiger partial charge in [0.1, 0.15) is 11.6 Å². The summed E-state index contributed by atoms with van der Waals surface area (Å²) in [6.07, 6.45) is 0. The van der Waals surface area contributed by atoms with Gasteiger partial charge in [0, 0.05) is 10.8 Å². The van der Waals surface area contributed by atoms with Gasteiger partial charge in [-0.05, 0) is 24.6 Å². The van der Waals surface area contributed by atoms with Gasteiger partial charge in [0.25, 0.3) is 0 Å². The predicted octanol–water partition coefficient (Wildman–Crippen LogP) is 3.36. The van der Waals surface area contributed by atoms with Crippen LogP contribution in [0.25, 0.3) is 10.1 Å². The molecule has 0 amide bonds. The fourth-order valence-corrected chi connectivity index (χ4v) is 2.27. The molecule has 0 N–H and O–H groups in total. The molecule has 3 heteroatoms. The van der Waals surface area contributed by atoms with Crippen molar-refractivity contribution >= 4 is 21.4 Å². The third-order valence-corrected chi connectivity index (χ3v) is 2.94. The van der Waals surface area contributed by atoms with Gasteiger partial charge in [-0.2, -0.15) is 0 Å². The number of benzene rings is 1. The van der Waals surface area contributed by atoms with Gasteiger partial charge in [0.05, 0.1) is 11.8 Å². The highest BCUT2D eigenvalue weighted by Crippen LogP contribution is 2.34. The van der Waals surface area contributed by atoms with Gasteiger partial charge < -0.3 is 4.74 Å². The van der Waals surface area contributed by atoms with Crippen LogP contribution in [0.4, 0.5) is 4.39 Å². The lowest BCUT2D eigenvalue weighted by atomic mass is 10.2. The average molecular weight is 196 g/mol. The van der Waals surface area contributed by atoms with E-state index in [9.17, 15) is 4.39 Å². The Kier molecular flexibility index (Phi) is 1.96. The van der Waals surface area contributed by atoms with Crippen LogP contribution in [0, 0.1) is 12.7 Å². The fourth-order valence-electron chi connectivity index (χ4n) is 1.37. The molecule has 68 valence electrons. The Hall–Kier alpha value is -1.09. The second-order valence-electron chi connectivity index (χ2n) is 2.93. The van der Waals surface area contributed by atoms with Gasteiger partial charge >= 0.3 is 0 Å². The maximum Gasteiger partial charge on any atom is 0.141 e. The Balaban J connectivity index is 2.82. The normalized spacial score (nSPS) is 10.7. The summed E-state index contributed by atoms with van der Waals surface area (Å²) in [5.41, 5.74) is 0.918. The first-order chi connectivity index (χ1) is 6.22. The minimum Gasteiger partial charge on any atom is -0.495 e. The monoisotopic (exact) mass is 196 g/mol. The van der Waals surface area contributed by atoms with Crippen molar-refractivity contribution in [2.45, 2.75) is 6.92 Å². The number of rotatable bonds is 1. The first-order valence-corrected chi connectivity index (χ1v) is 4.81. The third-order valence-electron chi connectivity index (χ3n) is 1.96. The van der Waals surface area contributed by atoms with Gasteiger partial charge in [-0.3, -0.25) is 0 Å². The van der Waals surface area contributed by atoms with Crippen molar-refractivity contribution < 1.29 is 9.13 Å². The summed E-state index contributed by atoms with van der Waals surface area (Å²) in [5, 5.41) is 2.69. The highest BCUT2D eigenvalue weighted by molar-refractivity contribution is 7.17. The molecule has 0 saturated carbocycles. The summed E-state index contributed by atoms with van der Waals surface area (Å²) < 4.78 is 19.1. The van der Waals surface area contributed by atoms with Crippen molar-refractivity contribution in [1.29, 1.82) is 0 Å². The SMILES string of the molecule is COc1csc2c(F)cc(C)cc12. The van der Waals surface area contributed by atoms with Crippen LogP contribution in [-0.4, -0.2) is 7.11 Å². The number of halogens is 1. The quantitative estimate of drug-likeness (QED) is 0.679. The van der Waals surface area contributed by atoms with E-state index in [-0.39, 0.29) is 5.82 Å². The van der Waals surface area contributed by atoms with E-state index >= 15 is 0 Å². The van der Waals surface area contributed by atoms with E-state index in [0.29, 0.717) is 4.70 Å². The summed E-state index contributed by atoms with van der Waals surface area (Å²) in [5.74, 6) is 0.589. The molecule has 0 bridgehead atoms. The molecule has 0 atom stereocenters. The largest absolute Gasteiger partial charge is 0.495 e. The van der Waals surface area contributed by atoms with Gasteiger partial charge in [0.2, 0.25) is 0 Å². The minimum atomic E-state index is -0.164. The van der Waals surface area contributed by atoms with Crippen LogP contribution in [0.15, 0.2) is 17.5 Å². The van der Waals surface area contributed by atoms with Crippen LogP contribution >= 0.6 is 11.3 Å². The molecule has 2 rings (SSSR count). The Bertz CT molecular complexity index is 447. The molecule has 1 heterocycles. The molecular weight excluding hydrogens is 187 g/mol. The maximum absolute atomic E-state index is 13.4. The smallest absolute Gasteiger partial charge is 0.141 e. The van der Waals surface area contributed by atoms with E-state index in [2.05, 4.69) is 0 Å². The summed E-state index contributed by atoms with van der Waals surface area (Å²) in [7, 11) is 1.60. The summed E-state index contributed by atoms with van der Waals surface area (Å²) >= 11 is 1.37. The number of methoxy groups -OCH3 is 1. The number of fused-ring (bicyclic) bond motifs is 1. The molecule has 0 radical (unpaired) electrons. The van der Waals surface area contributed by atoms with Gasteiger partial charge in [-0.15, -0.1) is 11.3 Å². The first kappa shape index (κ1) is 8.51. The third kappa shape index (κ3) is 1.29. The average Bonchev–Trinajstić information content (AvgIpc) is 2.47. The Morgan fingerprint density at radius 3 is 2.85 bits per heavy atom. The number of thiophene rings is 1. The summed E-state index contributed by atoms with van der Waals surface area (Å²) in [6, 6.07) is 3.48. The molecule has 0 aliphatic carbocycles. The van der Waals surface area contributed by atoms with Crippen LogP contribution in [0.2, 0.25) is 0 Å². The molecule has 1 aromatic carbocycles. The van der Waals surface area contributed by atoms with Crippen LogP contribution in [0.1, 0.15) is 5.56 Å². The van der Waals surface area contributed by atoms with Crippen molar-refractivity contribution in [2.24, 2.45) is 0 Å². The van der Waals surface area contributed by atoms with Gasteiger partial charge in [-0.25, -0.2) is 4.39 Å². The second-order valence-corrected chi connectivity index (χ2v) is 3.81. The van der Waals surface area contributed by atoms with E-state index in [1.807, 2.05) is 18.4 Å². The Labute approximate surface area is 79.8 Å². The van der Waals surface area contributed by atoms with Crippen LogP contribution in [0.3, 0.4) is 0 Å². The topological polar surface area (TPSA) is 9.23 Å². The van der Waals surface area contributed by atoms with Crippen LogP contribution < -0.4 is 4.74 Å². The van der Waals surface area contributed by atoms with Crippen LogP contribution in [0.5, 0.6) is 5.75 Å². The Morgan fingerprint density at radius 1 is 1.38 bits per heavy atom. The molecule has 0 unspecified atom stereocenters. The first-order valence-electron chi connectivity index (χ1n) is 3.93. The Morgan fingerprint density at radius 2 is 2.15 bits per heavy atom. The lowest BCUT2D eigenvalue weighted by Crippen LogP contribution is -1.82. The number of aryl methyl sites for hydroxylation is 1. The van der Waals surface area contributed by atoms with Crippen molar-refractivity contribution in [3.8, 4) is 5.75 Å². The van der Waals surface area contributed by atoms with Crippen molar-refractivity contribution in [2.75, 3.05) is 7.11 Å². The second kappa shape index (κ2) is 3.00. The van der Waals surface area contributed by atoms with E-state index < -0.39 is 0 Å². The van der Waals surface area contributed by atoms with Crippen molar-refractivity contribution in [3.63, 3.8) is 0 Å². The number of hydrogen-bond acceptors (Lipinski definition) is 2. The van der Waals surface area contributed by atoms with E-state index in [4.69, 9.17) is 4.74 Å². The molecule has 0 saturated heterocycles. The highest BCUT2D eigenvalue weighted by atomic mass is 32.1. The van der Waals surface area contributed by atoms with E-state index in [1.54, 1.807) is 7.11 Å². The van der Waals surface area contributed by atoms with Crippen molar-refractivity contribution in [3.05, 3.63) is 28.9 Å². The molecule has 2 aromatic rings. The zero-order chi connectivity index (χ0) is 9.42. The van der Waals surface area contributed by atoms with Crippen LogP contribution in [-0.2, 0) is 0 Å². The standard InChI is InChI=1S/C10H9FOS/c1-6-3-7-9(12-2)5-13-10(7)8(11)4-6/h3-5H,1-2H3. The molecule has 13 heavy (non-hydrogen) atoms. The molecule has 0 spiro atoms. The zero-order valence-electron chi connectivity index (χ0n) is 7.43. The summed E-state index contributed by atoms with van der Waals surface area (Å²) in [6.45, 7) is 1.87. The van der Waals surface area contributed by atoms with E-state index in [0.717, 1.165) is 16.7 Å². The number of hydrogen-bond donors (Lipinski definition) is 0. The molecule has 0 aliphatic heterocycles. The molecule has 1 nitrogen and oxygen atoms in total.